The summed E-state index contributed by atoms with van der Waals surface area (Å²) in [4.78, 5) is 26.4. The van der Waals surface area contributed by atoms with Crippen LogP contribution in [0.3, 0.4) is 0 Å². The van der Waals surface area contributed by atoms with E-state index in [9.17, 15) is 4.79 Å². The number of nitrogens with zero attached hydrogens (tertiary/aromatic N) is 7. The summed E-state index contributed by atoms with van der Waals surface area (Å²) in [6.07, 6.45) is 3.69. The maximum atomic E-state index is 13.4. The number of pyridine rings is 1. The van der Waals surface area contributed by atoms with Crippen molar-refractivity contribution in [2.24, 2.45) is 0 Å². The lowest BCUT2D eigenvalue weighted by Gasteiger charge is -2.10. The number of aryl methyl sites for hydroxylation is 1. The van der Waals surface area contributed by atoms with Crippen LogP contribution in [0.5, 0.6) is 0 Å². The average Bonchev–Trinajstić information content (AvgIpc) is 3.35. The highest BCUT2D eigenvalue weighted by molar-refractivity contribution is 6.30. The third kappa shape index (κ3) is 2.48. The van der Waals surface area contributed by atoms with Gasteiger partial charge in [-0.1, -0.05) is 30.7 Å². The highest BCUT2D eigenvalue weighted by atomic mass is 35.5. The van der Waals surface area contributed by atoms with E-state index < -0.39 is 0 Å². The maximum Gasteiger partial charge on any atom is 0.269 e. The Labute approximate surface area is 162 Å². The zero-order valence-electron chi connectivity index (χ0n) is 14.7. The predicted octanol–water partition coefficient (Wildman–Crippen LogP) is 2.43. The summed E-state index contributed by atoms with van der Waals surface area (Å²) in [5, 5.41) is 12.2. The minimum Gasteiger partial charge on any atom is -0.268 e. The van der Waals surface area contributed by atoms with Gasteiger partial charge in [-0.2, -0.15) is 19.6 Å². The molecule has 0 aliphatic rings. The minimum absolute atomic E-state index is 0.277. The van der Waals surface area contributed by atoms with Gasteiger partial charge in [0.1, 0.15) is 12.2 Å². The van der Waals surface area contributed by atoms with Crippen LogP contribution >= 0.6 is 11.6 Å². The Morgan fingerprint density at radius 3 is 2.89 bits per heavy atom. The third-order valence-corrected chi connectivity index (χ3v) is 4.67. The lowest BCUT2D eigenvalue weighted by molar-refractivity contribution is 0.895. The molecule has 10 heteroatoms. The van der Waals surface area contributed by atoms with Gasteiger partial charge in [-0.3, -0.25) is 9.89 Å². The largest absolute Gasteiger partial charge is 0.269 e. The predicted molar refractivity (Wildman–Crippen MR) is 104 cm³/mol. The number of halogens is 1. The van der Waals surface area contributed by atoms with Gasteiger partial charge < -0.3 is 0 Å². The first-order valence-electron chi connectivity index (χ1n) is 8.58. The summed E-state index contributed by atoms with van der Waals surface area (Å²) in [6, 6.07) is 8.96. The van der Waals surface area contributed by atoms with Gasteiger partial charge in [0.15, 0.2) is 0 Å². The fourth-order valence-corrected chi connectivity index (χ4v) is 3.33. The monoisotopic (exact) mass is 392 g/mol. The Morgan fingerprint density at radius 1 is 1.21 bits per heavy atom. The molecule has 4 aromatic heterocycles. The van der Waals surface area contributed by atoms with Gasteiger partial charge in [-0.05, 0) is 18.2 Å². The molecule has 0 bridgehead atoms. The molecule has 0 saturated heterocycles. The standard InChI is InChI=1S/C18H13ClN8O/c1-2-13-23-18(25-24-13)26-7-6-12-14(16(26)28)15(10-4-3-5-11(19)8-10)27-17(22-12)20-9-21-27/h3-9H,2H2,1H3,(H,23,24,25). The molecule has 1 N–H and O–H groups in total. The summed E-state index contributed by atoms with van der Waals surface area (Å²) in [5.74, 6) is 1.37. The molecule has 5 aromatic rings. The van der Waals surface area contributed by atoms with Crippen LogP contribution in [-0.4, -0.2) is 39.3 Å². The molecule has 9 nitrogen and oxygen atoms in total. The van der Waals surface area contributed by atoms with Crippen LogP contribution in [-0.2, 0) is 6.42 Å². The Balaban J connectivity index is 1.90. The second-order valence-electron chi connectivity index (χ2n) is 6.13. The van der Waals surface area contributed by atoms with Crippen molar-refractivity contribution < 1.29 is 0 Å². The Kier molecular flexibility index (Phi) is 3.69. The van der Waals surface area contributed by atoms with Crippen molar-refractivity contribution in [3.8, 4) is 17.2 Å². The van der Waals surface area contributed by atoms with E-state index in [0.29, 0.717) is 39.6 Å². The number of aromatic nitrogens is 8. The number of fused-ring (bicyclic) bond motifs is 2. The van der Waals surface area contributed by atoms with E-state index in [1.54, 1.807) is 24.4 Å². The summed E-state index contributed by atoms with van der Waals surface area (Å²) in [7, 11) is 0. The van der Waals surface area contributed by atoms with Crippen molar-refractivity contribution in [3.63, 3.8) is 0 Å². The van der Waals surface area contributed by atoms with E-state index in [0.717, 1.165) is 5.56 Å². The first-order valence-corrected chi connectivity index (χ1v) is 8.96. The van der Waals surface area contributed by atoms with Crippen molar-refractivity contribution in [1.29, 1.82) is 0 Å². The van der Waals surface area contributed by atoms with Gasteiger partial charge in [-0.25, -0.2) is 9.55 Å². The normalized spacial score (nSPS) is 11.5. The second-order valence-corrected chi connectivity index (χ2v) is 6.57. The number of H-pyrrole nitrogens is 1. The number of hydrogen-bond acceptors (Lipinski definition) is 6. The molecule has 0 spiro atoms. The summed E-state index contributed by atoms with van der Waals surface area (Å²) in [5.41, 5.74) is 1.49. The zero-order chi connectivity index (χ0) is 19.3. The van der Waals surface area contributed by atoms with Gasteiger partial charge in [0, 0.05) is 23.2 Å². The molecule has 28 heavy (non-hydrogen) atoms. The van der Waals surface area contributed by atoms with E-state index in [4.69, 9.17) is 11.6 Å². The number of rotatable bonds is 3. The summed E-state index contributed by atoms with van der Waals surface area (Å²) >= 11 is 6.19. The first-order chi connectivity index (χ1) is 13.7. The van der Waals surface area contributed by atoms with Gasteiger partial charge in [0.05, 0.1) is 16.6 Å². The van der Waals surface area contributed by atoms with Crippen LogP contribution < -0.4 is 5.56 Å². The lowest BCUT2D eigenvalue weighted by Crippen LogP contribution is -2.21. The van der Waals surface area contributed by atoms with Gasteiger partial charge in [-0.15, -0.1) is 5.10 Å². The highest BCUT2D eigenvalue weighted by Gasteiger charge is 2.18. The van der Waals surface area contributed by atoms with Crippen LogP contribution in [0.25, 0.3) is 33.9 Å². The molecule has 138 valence electrons. The molecule has 0 aliphatic heterocycles. The number of hydrogen-bond donors (Lipinski definition) is 1. The van der Waals surface area contributed by atoms with Crippen LogP contribution in [0.1, 0.15) is 12.7 Å². The molecular formula is C18H13ClN8O. The first kappa shape index (κ1) is 16.6. The molecule has 1 aromatic carbocycles. The molecule has 4 heterocycles. The van der Waals surface area contributed by atoms with E-state index >= 15 is 0 Å². The number of nitrogens with one attached hydrogen (secondary N) is 1. The summed E-state index contributed by atoms with van der Waals surface area (Å²) < 4.78 is 2.92. The topological polar surface area (TPSA) is 107 Å². The number of aromatic amines is 1. The van der Waals surface area contributed by atoms with Crippen LogP contribution in [0, 0.1) is 0 Å². The lowest BCUT2D eigenvalue weighted by atomic mass is 10.1. The molecule has 0 atom stereocenters. The SMILES string of the molecule is CCc1nc(-n2ccc3nc4ncnn4c(-c4cccc(Cl)c4)c3c2=O)n[nH]1. The zero-order valence-corrected chi connectivity index (χ0v) is 15.4. The number of benzene rings is 1. The van der Waals surface area contributed by atoms with Crippen LogP contribution in [0.15, 0.2) is 47.7 Å². The molecule has 0 unspecified atom stereocenters. The molecule has 0 fully saturated rings. The van der Waals surface area contributed by atoms with Crippen molar-refractivity contribution in [3.05, 3.63) is 64.1 Å². The highest BCUT2D eigenvalue weighted by Crippen LogP contribution is 2.27. The van der Waals surface area contributed by atoms with Crippen molar-refractivity contribution in [2.75, 3.05) is 0 Å². The van der Waals surface area contributed by atoms with Crippen molar-refractivity contribution in [2.45, 2.75) is 13.3 Å². The van der Waals surface area contributed by atoms with Gasteiger partial charge >= 0.3 is 0 Å². The smallest absolute Gasteiger partial charge is 0.268 e. The van der Waals surface area contributed by atoms with Crippen molar-refractivity contribution >= 4 is 28.3 Å². The van der Waals surface area contributed by atoms with E-state index in [1.165, 1.54) is 15.4 Å². The Bertz CT molecular complexity index is 1400. The van der Waals surface area contributed by atoms with E-state index in [2.05, 4.69) is 30.2 Å². The van der Waals surface area contributed by atoms with Gasteiger partial charge in [0.25, 0.3) is 17.3 Å². The molecule has 0 amide bonds. The van der Waals surface area contributed by atoms with E-state index in [1.807, 2.05) is 19.1 Å². The molecule has 5 rings (SSSR count). The molecular weight excluding hydrogens is 380 g/mol. The van der Waals surface area contributed by atoms with Crippen LogP contribution in [0.2, 0.25) is 5.02 Å². The van der Waals surface area contributed by atoms with E-state index in [-0.39, 0.29) is 11.5 Å². The molecule has 0 radical (unpaired) electrons. The average molecular weight is 393 g/mol. The quantitative estimate of drug-likeness (QED) is 0.505. The van der Waals surface area contributed by atoms with Crippen LogP contribution in [0.4, 0.5) is 0 Å². The third-order valence-electron chi connectivity index (χ3n) is 4.44. The fourth-order valence-electron chi connectivity index (χ4n) is 3.14. The Morgan fingerprint density at radius 2 is 2.11 bits per heavy atom. The van der Waals surface area contributed by atoms with Gasteiger partial charge in [0.2, 0.25) is 0 Å². The summed E-state index contributed by atoms with van der Waals surface area (Å²) in [6.45, 7) is 1.95. The minimum atomic E-state index is -0.306. The van der Waals surface area contributed by atoms with Crippen molar-refractivity contribution in [1.82, 2.24) is 39.3 Å². The second kappa shape index (κ2) is 6.24. The Hall–Kier alpha value is -3.59. The fraction of sp³-hybridized carbons (Fsp3) is 0.111. The molecule has 0 aliphatic carbocycles. The maximum absolute atomic E-state index is 13.4. The molecule has 0 saturated carbocycles.